The van der Waals surface area contributed by atoms with Crippen molar-refractivity contribution in [2.75, 3.05) is 19.6 Å². The zero-order valence-corrected chi connectivity index (χ0v) is 12.5. The highest BCUT2D eigenvalue weighted by molar-refractivity contribution is 5.80. The standard InChI is InChI=1S/C16H24N2O2/c1-11(2)14-5-4-6-15(7-14)20-12(3)16(19)18-10-13-8-17-9-13/h4-7,11-13,17H,8-10H2,1-3H3,(H,18,19). The molecule has 2 N–H and O–H groups in total. The molecule has 1 amide bonds. The molecule has 0 bridgehead atoms. The van der Waals surface area contributed by atoms with E-state index in [1.54, 1.807) is 6.92 Å². The molecule has 1 unspecified atom stereocenters. The zero-order chi connectivity index (χ0) is 14.5. The monoisotopic (exact) mass is 276 g/mol. The van der Waals surface area contributed by atoms with E-state index in [1.165, 1.54) is 5.56 Å². The lowest BCUT2D eigenvalue weighted by atomic mass is 10.0. The third-order valence-electron chi connectivity index (χ3n) is 3.64. The Balaban J connectivity index is 1.84. The molecule has 4 heteroatoms. The molecule has 4 nitrogen and oxygen atoms in total. The van der Waals surface area contributed by atoms with E-state index in [0.717, 1.165) is 25.4 Å². The second-order valence-electron chi connectivity index (χ2n) is 5.76. The first kappa shape index (κ1) is 14.9. The van der Waals surface area contributed by atoms with Crippen LogP contribution in [0, 0.1) is 5.92 Å². The number of carbonyl (C=O) groups is 1. The van der Waals surface area contributed by atoms with Crippen LogP contribution in [0.2, 0.25) is 0 Å². The maximum atomic E-state index is 12.0. The van der Waals surface area contributed by atoms with E-state index < -0.39 is 6.10 Å². The highest BCUT2D eigenvalue weighted by atomic mass is 16.5. The Morgan fingerprint density at radius 1 is 1.40 bits per heavy atom. The summed E-state index contributed by atoms with van der Waals surface area (Å²) in [6.45, 7) is 8.78. The summed E-state index contributed by atoms with van der Waals surface area (Å²) in [4.78, 5) is 12.0. The van der Waals surface area contributed by atoms with Crippen LogP contribution in [0.15, 0.2) is 24.3 Å². The number of nitrogens with one attached hydrogen (secondary N) is 2. The van der Waals surface area contributed by atoms with Gasteiger partial charge in [-0.25, -0.2) is 0 Å². The molecule has 1 saturated heterocycles. The first-order valence-electron chi connectivity index (χ1n) is 7.31. The van der Waals surface area contributed by atoms with Crippen molar-refractivity contribution in [1.82, 2.24) is 10.6 Å². The van der Waals surface area contributed by atoms with Crippen LogP contribution in [0.1, 0.15) is 32.3 Å². The van der Waals surface area contributed by atoms with Crippen LogP contribution in [0.3, 0.4) is 0 Å². The molecular formula is C16H24N2O2. The van der Waals surface area contributed by atoms with Gasteiger partial charge in [0.15, 0.2) is 6.10 Å². The molecule has 0 aliphatic carbocycles. The highest BCUT2D eigenvalue weighted by Crippen LogP contribution is 2.21. The summed E-state index contributed by atoms with van der Waals surface area (Å²) in [5.41, 5.74) is 1.22. The molecule has 1 aromatic rings. The van der Waals surface area contributed by atoms with Gasteiger partial charge >= 0.3 is 0 Å². The molecule has 0 aromatic heterocycles. The van der Waals surface area contributed by atoms with Crippen LogP contribution >= 0.6 is 0 Å². The van der Waals surface area contributed by atoms with Gasteiger partial charge in [0.05, 0.1) is 0 Å². The fourth-order valence-corrected chi connectivity index (χ4v) is 2.09. The largest absolute Gasteiger partial charge is 0.481 e. The molecule has 2 rings (SSSR count). The maximum absolute atomic E-state index is 12.0. The molecule has 1 fully saturated rings. The topological polar surface area (TPSA) is 50.4 Å². The number of hydrogen-bond donors (Lipinski definition) is 2. The Bertz CT molecular complexity index is 456. The summed E-state index contributed by atoms with van der Waals surface area (Å²) >= 11 is 0. The summed E-state index contributed by atoms with van der Waals surface area (Å²) in [6, 6.07) is 7.94. The Morgan fingerprint density at radius 3 is 2.75 bits per heavy atom. The lowest BCUT2D eigenvalue weighted by Crippen LogP contribution is -2.49. The average Bonchev–Trinajstić information content (AvgIpc) is 2.37. The minimum atomic E-state index is -0.467. The van der Waals surface area contributed by atoms with Gasteiger partial charge in [0.25, 0.3) is 5.91 Å². The predicted molar refractivity (Wildman–Crippen MR) is 80.0 cm³/mol. The van der Waals surface area contributed by atoms with Crippen molar-refractivity contribution in [2.24, 2.45) is 5.92 Å². The van der Waals surface area contributed by atoms with E-state index in [1.807, 2.05) is 18.2 Å². The number of hydrogen-bond acceptors (Lipinski definition) is 3. The van der Waals surface area contributed by atoms with Crippen LogP contribution in [0.25, 0.3) is 0 Å². The smallest absolute Gasteiger partial charge is 0.260 e. The lowest BCUT2D eigenvalue weighted by Gasteiger charge is -2.27. The summed E-state index contributed by atoms with van der Waals surface area (Å²) in [6.07, 6.45) is -0.467. The molecule has 1 aliphatic heterocycles. The number of benzene rings is 1. The second kappa shape index (κ2) is 6.75. The van der Waals surface area contributed by atoms with Crippen molar-refractivity contribution in [3.8, 4) is 5.75 Å². The van der Waals surface area contributed by atoms with Gasteiger partial charge in [-0.15, -0.1) is 0 Å². The minimum absolute atomic E-state index is 0.0492. The third-order valence-corrected chi connectivity index (χ3v) is 3.64. The minimum Gasteiger partial charge on any atom is -0.481 e. The van der Waals surface area contributed by atoms with Crippen LogP contribution in [-0.4, -0.2) is 31.6 Å². The summed E-state index contributed by atoms with van der Waals surface area (Å²) in [7, 11) is 0. The van der Waals surface area contributed by atoms with Crippen molar-refractivity contribution in [1.29, 1.82) is 0 Å². The van der Waals surface area contributed by atoms with Gasteiger partial charge in [-0.3, -0.25) is 4.79 Å². The number of carbonyl (C=O) groups excluding carboxylic acids is 1. The molecule has 1 heterocycles. The predicted octanol–water partition coefficient (Wildman–Crippen LogP) is 1.91. The number of amides is 1. The molecule has 110 valence electrons. The van der Waals surface area contributed by atoms with Crippen LogP contribution in [-0.2, 0) is 4.79 Å². The number of ether oxygens (including phenoxy) is 1. The number of rotatable bonds is 6. The van der Waals surface area contributed by atoms with Crippen molar-refractivity contribution < 1.29 is 9.53 Å². The van der Waals surface area contributed by atoms with Crippen molar-refractivity contribution in [3.63, 3.8) is 0 Å². The van der Waals surface area contributed by atoms with Crippen molar-refractivity contribution >= 4 is 5.91 Å². The van der Waals surface area contributed by atoms with Gasteiger partial charge in [0.2, 0.25) is 0 Å². The van der Waals surface area contributed by atoms with Crippen LogP contribution in [0.5, 0.6) is 5.75 Å². The van der Waals surface area contributed by atoms with Gasteiger partial charge in [0.1, 0.15) is 5.75 Å². The van der Waals surface area contributed by atoms with E-state index in [0.29, 0.717) is 11.8 Å². The fourth-order valence-electron chi connectivity index (χ4n) is 2.09. The van der Waals surface area contributed by atoms with E-state index in [2.05, 4.69) is 30.5 Å². The zero-order valence-electron chi connectivity index (χ0n) is 12.5. The van der Waals surface area contributed by atoms with Crippen molar-refractivity contribution in [3.05, 3.63) is 29.8 Å². The molecule has 1 aromatic carbocycles. The second-order valence-corrected chi connectivity index (χ2v) is 5.76. The van der Waals surface area contributed by atoms with Gasteiger partial charge in [0, 0.05) is 25.6 Å². The van der Waals surface area contributed by atoms with Gasteiger partial charge in [-0.05, 0) is 30.5 Å². The van der Waals surface area contributed by atoms with Gasteiger partial charge in [-0.2, -0.15) is 0 Å². The highest BCUT2D eigenvalue weighted by Gasteiger charge is 2.20. The maximum Gasteiger partial charge on any atom is 0.260 e. The van der Waals surface area contributed by atoms with E-state index in [-0.39, 0.29) is 5.91 Å². The van der Waals surface area contributed by atoms with E-state index in [4.69, 9.17) is 4.74 Å². The van der Waals surface area contributed by atoms with Crippen molar-refractivity contribution in [2.45, 2.75) is 32.8 Å². The Labute approximate surface area is 120 Å². The van der Waals surface area contributed by atoms with Gasteiger partial charge in [-0.1, -0.05) is 26.0 Å². The molecular weight excluding hydrogens is 252 g/mol. The normalized spacial score (nSPS) is 16.6. The van der Waals surface area contributed by atoms with Crippen LogP contribution < -0.4 is 15.4 Å². The SMILES string of the molecule is CC(Oc1cccc(C(C)C)c1)C(=O)NCC1CNC1. The molecule has 1 aliphatic rings. The third kappa shape index (κ3) is 3.97. The average molecular weight is 276 g/mol. The summed E-state index contributed by atoms with van der Waals surface area (Å²) < 4.78 is 5.72. The quantitative estimate of drug-likeness (QED) is 0.834. The molecule has 0 radical (unpaired) electrons. The van der Waals surface area contributed by atoms with Gasteiger partial charge < -0.3 is 15.4 Å². The Kier molecular flexibility index (Phi) is 5.01. The van der Waals surface area contributed by atoms with E-state index in [9.17, 15) is 4.79 Å². The Hall–Kier alpha value is -1.55. The molecule has 0 spiro atoms. The first-order valence-corrected chi connectivity index (χ1v) is 7.31. The fraction of sp³-hybridized carbons (Fsp3) is 0.562. The molecule has 20 heavy (non-hydrogen) atoms. The molecule has 1 atom stereocenters. The summed E-state index contributed by atoms with van der Waals surface area (Å²) in [5, 5.41) is 6.13. The first-order chi connectivity index (χ1) is 9.56. The lowest BCUT2D eigenvalue weighted by molar-refractivity contribution is -0.127. The summed E-state index contributed by atoms with van der Waals surface area (Å²) in [5.74, 6) is 1.72. The van der Waals surface area contributed by atoms with Crippen LogP contribution in [0.4, 0.5) is 0 Å². The Morgan fingerprint density at radius 2 is 2.15 bits per heavy atom. The van der Waals surface area contributed by atoms with E-state index >= 15 is 0 Å². The molecule has 0 saturated carbocycles.